The van der Waals surface area contributed by atoms with E-state index in [2.05, 4.69) is 19.1 Å². The van der Waals surface area contributed by atoms with E-state index >= 15 is 0 Å². The molecule has 0 amide bonds. The summed E-state index contributed by atoms with van der Waals surface area (Å²) in [6.45, 7) is 6.23. The van der Waals surface area contributed by atoms with Crippen molar-refractivity contribution in [2.24, 2.45) is 0 Å². The highest BCUT2D eigenvalue weighted by Crippen LogP contribution is 2.24. The second-order valence-electron chi connectivity index (χ2n) is 4.89. The monoisotopic (exact) mass is 220 g/mol. The van der Waals surface area contributed by atoms with E-state index in [1.165, 1.54) is 11.1 Å². The molecule has 2 nitrogen and oxygen atoms in total. The summed E-state index contributed by atoms with van der Waals surface area (Å²) in [5.74, 6) is 0. The smallest absolute Gasteiger partial charge is 0.120 e. The summed E-state index contributed by atoms with van der Waals surface area (Å²) in [6.07, 6.45) is 2.32. The first-order valence-corrected chi connectivity index (χ1v) is 5.66. The molecule has 1 N–H and O–H groups in total. The van der Waals surface area contributed by atoms with E-state index in [1.807, 2.05) is 19.9 Å². The third kappa shape index (κ3) is 2.92. The number of aliphatic hydroxyl groups excluding tert-OH is 1. The molecule has 16 heavy (non-hydrogen) atoms. The van der Waals surface area contributed by atoms with Gasteiger partial charge in [-0.1, -0.05) is 32.0 Å². The molecule has 0 saturated carbocycles. The molecule has 0 aliphatic carbocycles. The molecule has 2 heteroatoms. The van der Waals surface area contributed by atoms with E-state index in [4.69, 9.17) is 0 Å². The predicted molar refractivity (Wildman–Crippen MR) is 65.7 cm³/mol. The standard InChI is InChI=1S/C14H20O2/c1-11-9-13(14(2,3)10-16)7-6-12(11)5-4-8-15/h6-9,16H,4-5,10H2,1-3H3. The van der Waals surface area contributed by atoms with Crippen molar-refractivity contribution in [1.82, 2.24) is 0 Å². The molecule has 0 heterocycles. The minimum absolute atomic E-state index is 0.139. The second-order valence-corrected chi connectivity index (χ2v) is 4.89. The average Bonchev–Trinajstić information content (AvgIpc) is 2.27. The van der Waals surface area contributed by atoms with E-state index in [9.17, 15) is 9.90 Å². The van der Waals surface area contributed by atoms with Gasteiger partial charge in [0.05, 0.1) is 6.61 Å². The van der Waals surface area contributed by atoms with Gasteiger partial charge in [0.1, 0.15) is 6.29 Å². The van der Waals surface area contributed by atoms with Crippen LogP contribution in [-0.2, 0) is 16.6 Å². The third-order valence-electron chi connectivity index (χ3n) is 3.05. The fourth-order valence-electron chi connectivity index (χ4n) is 1.70. The Labute approximate surface area is 97.3 Å². The highest BCUT2D eigenvalue weighted by atomic mass is 16.3. The first-order chi connectivity index (χ1) is 7.51. The summed E-state index contributed by atoms with van der Waals surface area (Å²) in [4.78, 5) is 10.3. The molecule has 1 aromatic rings. The number of carbonyl (C=O) groups is 1. The topological polar surface area (TPSA) is 37.3 Å². The Balaban J connectivity index is 2.94. The Kier molecular flexibility index (Phi) is 4.25. The molecule has 0 aliphatic rings. The van der Waals surface area contributed by atoms with E-state index in [1.54, 1.807) is 0 Å². The van der Waals surface area contributed by atoms with Crippen LogP contribution in [0.15, 0.2) is 18.2 Å². The molecule has 0 unspecified atom stereocenters. The van der Waals surface area contributed by atoms with Gasteiger partial charge in [-0.25, -0.2) is 0 Å². The maximum atomic E-state index is 10.3. The highest BCUT2D eigenvalue weighted by molar-refractivity contribution is 5.50. The largest absolute Gasteiger partial charge is 0.395 e. The third-order valence-corrected chi connectivity index (χ3v) is 3.05. The number of hydrogen-bond donors (Lipinski definition) is 1. The number of aliphatic hydroxyl groups is 1. The molecule has 88 valence electrons. The lowest BCUT2D eigenvalue weighted by molar-refractivity contribution is -0.107. The number of rotatable bonds is 5. The molecule has 1 rings (SSSR count). The minimum atomic E-state index is -0.200. The molecule has 0 atom stereocenters. The fraction of sp³-hybridized carbons (Fsp3) is 0.500. The Morgan fingerprint density at radius 3 is 2.56 bits per heavy atom. The van der Waals surface area contributed by atoms with Crippen LogP contribution in [0.5, 0.6) is 0 Å². The lowest BCUT2D eigenvalue weighted by atomic mass is 9.84. The van der Waals surface area contributed by atoms with Crippen molar-refractivity contribution in [1.29, 1.82) is 0 Å². The quantitative estimate of drug-likeness (QED) is 0.774. The van der Waals surface area contributed by atoms with Crippen LogP contribution in [0.4, 0.5) is 0 Å². The van der Waals surface area contributed by atoms with Crippen molar-refractivity contribution in [3.05, 3.63) is 34.9 Å². The Morgan fingerprint density at radius 2 is 2.06 bits per heavy atom. The van der Waals surface area contributed by atoms with Crippen molar-refractivity contribution < 1.29 is 9.90 Å². The number of hydrogen-bond acceptors (Lipinski definition) is 2. The zero-order chi connectivity index (χ0) is 12.2. The van der Waals surface area contributed by atoms with Crippen LogP contribution < -0.4 is 0 Å². The Bertz CT molecular complexity index is 367. The van der Waals surface area contributed by atoms with Crippen molar-refractivity contribution >= 4 is 6.29 Å². The number of carbonyl (C=O) groups excluding carboxylic acids is 1. The average molecular weight is 220 g/mol. The van der Waals surface area contributed by atoms with Crippen molar-refractivity contribution in [3.8, 4) is 0 Å². The minimum Gasteiger partial charge on any atom is -0.395 e. The Morgan fingerprint density at radius 1 is 1.38 bits per heavy atom. The zero-order valence-electron chi connectivity index (χ0n) is 10.3. The molecule has 0 saturated heterocycles. The normalized spacial score (nSPS) is 11.5. The summed E-state index contributed by atoms with van der Waals surface area (Å²) in [6, 6.07) is 6.21. The van der Waals surface area contributed by atoms with Gasteiger partial charge in [-0.3, -0.25) is 0 Å². The molecule has 0 aromatic heterocycles. The number of aryl methyl sites for hydroxylation is 2. The van der Waals surface area contributed by atoms with Gasteiger partial charge in [-0.15, -0.1) is 0 Å². The lowest BCUT2D eigenvalue weighted by Gasteiger charge is -2.23. The molecular formula is C14H20O2. The van der Waals surface area contributed by atoms with Crippen molar-refractivity contribution in [3.63, 3.8) is 0 Å². The van der Waals surface area contributed by atoms with Gasteiger partial charge < -0.3 is 9.90 Å². The van der Waals surface area contributed by atoms with Gasteiger partial charge in [0.2, 0.25) is 0 Å². The molecule has 0 bridgehead atoms. The zero-order valence-corrected chi connectivity index (χ0v) is 10.3. The molecule has 0 spiro atoms. The van der Waals surface area contributed by atoms with Crippen LogP contribution in [0.25, 0.3) is 0 Å². The summed E-state index contributed by atoms with van der Waals surface area (Å²) < 4.78 is 0. The molecule has 0 fully saturated rings. The summed E-state index contributed by atoms with van der Waals surface area (Å²) in [5.41, 5.74) is 3.35. The van der Waals surface area contributed by atoms with Gasteiger partial charge >= 0.3 is 0 Å². The number of benzene rings is 1. The van der Waals surface area contributed by atoms with Crippen LogP contribution in [-0.4, -0.2) is 18.0 Å². The first-order valence-electron chi connectivity index (χ1n) is 5.66. The number of aldehydes is 1. The maximum Gasteiger partial charge on any atom is 0.120 e. The van der Waals surface area contributed by atoms with E-state index in [-0.39, 0.29) is 12.0 Å². The van der Waals surface area contributed by atoms with E-state index < -0.39 is 0 Å². The van der Waals surface area contributed by atoms with E-state index in [0.29, 0.717) is 6.42 Å². The van der Waals surface area contributed by atoms with Crippen LogP contribution in [0.3, 0.4) is 0 Å². The second kappa shape index (κ2) is 5.26. The van der Waals surface area contributed by atoms with Gasteiger partial charge in [-0.2, -0.15) is 0 Å². The van der Waals surface area contributed by atoms with Crippen LogP contribution in [0.1, 0.15) is 37.0 Å². The van der Waals surface area contributed by atoms with Gasteiger partial charge in [0, 0.05) is 11.8 Å². The Hall–Kier alpha value is -1.15. The summed E-state index contributed by atoms with van der Waals surface area (Å²) in [5, 5.41) is 9.30. The van der Waals surface area contributed by atoms with E-state index in [0.717, 1.165) is 18.3 Å². The summed E-state index contributed by atoms with van der Waals surface area (Å²) >= 11 is 0. The molecule has 1 aromatic carbocycles. The first kappa shape index (κ1) is 12.9. The fourth-order valence-corrected chi connectivity index (χ4v) is 1.70. The van der Waals surface area contributed by atoms with Crippen molar-refractivity contribution in [2.45, 2.75) is 39.0 Å². The van der Waals surface area contributed by atoms with Crippen LogP contribution in [0, 0.1) is 6.92 Å². The maximum absolute atomic E-state index is 10.3. The summed E-state index contributed by atoms with van der Waals surface area (Å²) in [7, 11) is 0. The van der Waals surface area contributed by atoms with Crippen LogP contribution in [0.2, 0.25) is 0 Å². The molecule has 0 aliphatic heterocycles. The van der Waals surface area contributed by atoms with Crippen LogP contribution >= 0.6 is 0 Å². The SMILES string of the molecule is Cc1cc(C(C)(C)CO)ccc1CCC=O. The lowest BCUT2D eigenvalue weighted by Crippen LogP contribution is -2.22. The van der Waals surface area contributed by atoms with Gasteiger partial charge in [0.25, 0.3) is 0 Å². The van der Waals surface area contributed by atoms with Gasteiger partial charge in [0.15, 0.2) is 0 Å². The highest BCUT2D eigenvalue weighted by Gasteiger charge is 2.19. The predicted octanol–water partition coefficient (Wildman–Crippen LogP) is 2.40. The molecular weight excluding hydrogens is 200 g/mol. The molecule has 0 radical (unpaired) electrons. The van der Waals surface area contributed by atoms with Crippen molar-refractivity contribution in [2.75, 3.05) is 6.61 Å². The van der Waals surface area contributed by atoms with Gasteiger partial charge in [-0.05, 0) is 30.0 Å².